The summed E-state index contributed by atoms with van der Waals surface area (Å²) in [6, 6.07) is 5.78. The Labute approximate surface area is 118 Å². The van der Waals surface area contributed by atoms with Crippen LogP contribution in [0, 0.1) is 0 Å². The van der Waals surface area contributed by atoms with Crippen LogP contribution in [-0.2, 0) is 11.8 Å². The number of hydrogen-bond donors (Lipinski definition) is 3. The maximum atomic E-state index is 9.80. The molecule has 3 atom stereocenters. The van der Waals surface area contributed by atoms with Gasteiger partial charge in [0, 0.05) is 10.7 Å². The second kappa shape index (κ2) is 5.00. The maximum Gasteiger partial charge on any atom is 0.115 e. The van der Waals surface area contributed by atoms with Gasteiger partial charge < -0.3 is 10.3 Å². The van der Waals surface area contributed by atoms with Gasteiger partial charge in [-0.25, -0.2) is 5.48 Å². The van der Waals surface area contributed by atoms with Crippen molar-refractivity contribution < 1.29 is 10.3 Å². The van der Waals surface area contributed by atoms with Crippen molar-refractivity contribution in [3.63, 3.8) is 0 Å². The molecule has 1 saturated heterocycles. The lowest BCUT2D eigenvalue weighted by molar-refractivity contribution is 0.0759. The highest BCUT2D eigenvalue weighted by Crippen LogP contribution is 2.46. The summed E-state index contributed by atoms with van der Waals surface area (Å²) in [4.78, 5) is 0. The third-order valence-corrected chi connectivity index (χ3v) is 6.14. The fourth-order valence-electron chi connectivity index (χ4n) is 3.69. The average molecular weight is 279 g/mol. The van der Waals surface area contributed by atoms with Gasteiger partial charge in [0.2, 0.25) is 0 Å². The van der Waals surface area contributed by atoms with Crippen LogP contribution in [-0.4, -0.2) is 27.4 Å². The van der Waals surface area contributed by atoms with Gasteiger partial charge in [0.1, 0.15) is 5.75 Å². The first-order valence-electron chi connectivity index (χ1n) is 6.99. The number of hydroxylamine groups is 1. The van der Waals surface area contributed by atoms with E-state index in [2.05, 4.69) is 12.4 Å². The molecule has 4 heteroatoms. The van der Waals surface area contributed by atoms with Crippen LogP contribution in [0.3, 0.4) is 0 Å². The average Bonchev–Trinajstić information content (AvgIpc) is 2.38. The van der Waals surface area contributed by atoms with Crippen LogP contribution in [0.2, 0.25) is 0 Å². The number of hydrogen-bond acceptors (Lipinski definition) is 4. The molecule has 0 amide bonds. The molecule has 1 aromatic rings. The minimum Gasteiger partial charge on any atom is -0.508 e. The van der Waals surface area contributed by atoms with Crippen molar-refractivity contribution in [2.75, 3.05) is 5.75 Å². The fraction of sp³-hybridized carbons (Fsp3) is 0.600. The third-order valence-electron chi connectivity index (χ3n) is 4.75. The van der Waals surface area contributed by atoms with Gasteiger partial charge >= 0.3 is 0 Å². The standard InChI is InChI=1S/C15H21NO2S/c1-15-6-2-3-7-19-13(14(15)16-18)8-10-4-5-11(17)9-12(10)15/h4-5,9,13-14,16-18H,2-3,6-8H2,1H3. The highest BCUT2D eigenvalue weighted by Gasteiger charge is 2.46. The van der Waals surface area contributed by atoms with E-state index in [1.54, 1.807) is 6.07 Å². The molecule has 1 aromatic carbocycles. The van der Waals surface area contributed by atoms with Crippen molar-refractivity contribution in [2.45, 2.75) is 49.3 Å². The summed E-state index contributed by atoms with van der Waals surface area (Å²) in [5.74, 6) is 1.50. The van der Waals surface area contributed by atoms with Gasteiger partial charge in [-0.2, -0.15) is 11.8 Å². The van der Waals surface area contributed by atoms with Crippen molar-refractivity contribution >= 4 is 11.8 Å². The number of rotatable bonds is 1. The summed E-state index contributed by atoms with van der Waals surface area (Å²) in [7, 11) is 0. The molecule has 1 fully saturated rings. The van der Waals surface area contributed by atoms with Crippen molar-refractivity contribution in [3.05, 3.63) is 29.3 Å². The molecular formula is C15H21NO2S. The van der Waals surface area contributed by atoms with Crippen molar-refractivity contribution in [3.8, 4) is 5.75 Å². The number of fused-ring (bicyclic) bond motifs is 4. The molecule has 104 valence electrons. The summed E-state index contributed by atoms with van der Waals surface area (Å²) in [5.41, 5.74) is 5.01. The highest BCUT2D eigenvalue weighted by atomic mass is 32.2. The van der Waals surface area contributed by atoms with Crippen molar-refractivity contribution in [1.82, 2.24) is 5.48 Å². The van der Waals surface area contributed by atoms with Crippen molar-refractivity contribution in [2.24, 2.45) is 0 Å². The quantitative estimate of drug-likeness (QED) is 0.692. The van der Waals surface area contributed by atoms with Gasteiger partial charge in [0.15, 0.2) is 0 Å². The molecule has 2 aliphatic rings. The zero-order valence-corrected chi connectivity index (χ0v) is 12.0. The Morgan fingerprint density at radius 2 is 2.21 bits per heavy atom. The SMILES string of the molecule is CC12CCCCSC(Cc3ccc(O)cc31)C2NO. The molecule has 0 saturated carbocycles. The lowest BCUT2D eigenvalue weighted by Gasteiger charge is -2.47. The lowest BCUT2D eigenvalue weighted by atomic mass is 9.65. The van der Waals surface area contributed by atoms with Crippen molar-refractivity contribution in [1.29, 1.82) is 0 Å². The topological polar surface area (TPSA) is 52.5 Å². The molecule has 3 nitrogen and oxygen atoms in total. The maximum absolute atomic E-state index is 9.80. The van der Waals surface area contributed by atoms with Crippen LogP contribution in [0.1, 0.15) is 37.3 Å². The monoisotopic (exact) mass is 279 g/mol. The summed E-state index contributed by atoms with van der Waals surface area (Å²) >= 11 is 1.97. The number of thioether (sulfide) groups is 1. The molecule has 19 heavy (non-hydrogen) atoms. The van der Waals surface area contributed by atoms with Crippen LogP contribution in [0.15, 0.2) is 18.2 Å². The molecular weight excluding hydrogens is 258 g/mol. The summed E-state index contributed by atoms with van der Waals surface area (Å²) in [5, 5.41) is 19.9. The number of nitrogens with one attached hydrogen (secondary N) is 1. The smallest absolute Gasteiger partial charge is 0.115 e. The number of phenols is 1. The second-order valence-electron chi connectivity index (χ2n) is 5.94. The van der Waals surface area contributed by atoms with Gasteiger partial charge in [-0.3, -0.25) is 0 Å². The third kappa shape index (κ3) is 2.16. The van der Waals surface area contributed by atoms with E-state index >= 15 is 0 Å². The Morgan fingerprint density at radius 1 is 1.37 bits per heavy atom. The predicted octanol–water partition coefficient (Wildman–Crippen LogP) is 2.84. The van der Waals surface area contributed by atoms with E-state index in [1.165, 1.54) is 29.7 Å². The predicted molar refractivity (Wildman–Crippen MR) is 78.0 cm³/mol. The van der Waals surface area contributed by atoms with Gasteiger partial charge in [-0.15, -0.1) is 0 Å². The number of phenolic OH excluding ortho intramolecular Hbond substituents is 1. The molecule has 0 spiro atoms. The van der Waals surface area contributed by atoms with Crippen LogP contribution in [0.5, 0.6) is 5.75 Å². The Hall–Kier alpha value is -0.710. The van der Waals surface area contributed by atoms with E-state index in [0.717, 1.165) is 12.8 Å². The van der Waals surface area contributed by atoms with Gasteiger partial charge in [-0.05, 0) is 48.3 Å². The van der Waals surface area contributed by atoms with Gasteiger partial charge in [0.25, 0.3) is 0 Å². The lowest BCUT2D eigenvalue weighted by Crippen LogP contribution is -2.56. The summed E-state index contributed by atoms with van der Waals surface area (Å²) in [6.07, 6.45) is 4.43. The van der Waals surface area contributed by atoms with Gasteiger partial charge in [0.05, 0.1) is 6.04 Å². The first kappa shape index (κ1) is 13.3. The molecule has 0 aromatic heterocycles. The Balaban J connectivity index is 2.12. The zero-order chi connectivity index (χ0) is 13.5. The first-order chi connectivity index (χ1) is 9.15. The van der Waals surface area contributed by atoms with E-state index in [4.69, 9.17) is 0 Å². The summed E-state index contributed by atoms with van der Waals surface area (Å²) < 4.78 is 0. The van der Waals surface area contributed by atoms with E-state index in [1.807, 2.05) is 23.9 Å². The van der Waals surface area contributed by atoms with Crippen LogP contribution in [0.25, 0.3) is 0 Å². The first-order valence-corrected chi connectivity index (χ1v) is 8.03. The molecule has 1 aliphatic carbocycles. The molecule has 1 aliphatic heterocycles. The minimum atomic E-state index is -0.0981. The molecule has 0 radical (unpaired) electrons. The van der Waals surface area contributed by atoms with E-state index in [0.29, 0.717) is 11.0 Å². The molecule has 2 bridgehead atoms. The molecule has 3 unspecified atom stereocenters. The number of aromatic hydroxyl groups is 1. The summed E-state index contributed by atoms with van der Waals surface area (Å²) in [6.45, 7) is 2.22. The molecule has 1 heterocycles. The normalized spacial score (nSPS) is 34.2. The second-order valence-corrected chi connectivity index (χ2v) is 7.28. The Morgan fingerprint density at radius 3 is 3.00 bits per heavy atom. The molecule has 3 rings (SSSR count). The van der Waals surface area contributed by atoms with E-state index < -0.39 is 0 Å². The Kier molecular flexibility index (Phi) is 3.50. The highest BCUT2D eigenvalue weighted by molar-refractivity contribution is 7.99. The van der Waals surface area contributed by atoms with Crippen LogP contribution >= 0.6 is 11.8 Å². The largest absolute Gasteiger partial charge is 0.508 e. The van der Waals surface area contributed by atoms with Crippen LogP contribution < -0.4 is 5.48 Å². The minimum absolute atomic E-state index is 0.0621. The van der Waals surface area contributed by atoms with E-state index in [-0.39, 0.29) is 11.5 Å². The number of benzene rings is 1. The van der Waals surface area contributed by atoms with E-state index in [9.17, 15) is 10.3 Å². The zero-order valence-electron chi connectivity index (χ0n) is 11.2. The Bertz CT molecular complexity index is 479. The molecule has 3 N–H and O–H groups in total. The fourth-order valence-corrected chi connectivity index (χ4v) is 5.21. The van der Waals surface area contributed by atoms with Gasteiger partial charge in [-0.1, -0.05) is 19.4 Å². The van der Waals surface area contributed by atoms with Crippen LogP contribution in [0.4, 0.5) is 0 Å².